The Labute approximate surface area is 146 Å². The fourth-order valence-electron chi connectivity index (χ4n) is 3.31. The van der Waals surface area contributed by atoms with Gasteiger partial charge >= 0.3 is 0 Å². The van der Waals surface area contributed by atoms with E-state index in [0.717, 1.165) is 19.3 Å². The zero-order chi connectivity index (χ0) is 17.1. The van der Waals surface area contributed by atoms with E-state index in [1.54, 1.807) is 0 Å². The second-order valence-corrected chi connectivity index (χ2v) is 6.63. The summed E-state index contributed by atoms with van der Waals surface area (Å²) in [7, 11) is 1.93. The molecule has 1 amide bonds. The zero-order valence-electron chi connectivity index (χ0n) is 13.6. The number of fused-ring (bicyclic) bond motifs is 1. The summed E-state index contributed by atoms with van der Waals surface area (Å²) >= 11 is 5.86. The third-order valence-electron chi connectivity index (χ3n) is 4.47. The molecule has 0 aromatic heterocycles. The molecule has 0 fully saturated rings. The van der Waals surface area contributed by atoms with Gasteiger partial charge in [0, 0.05) is 11.1 Å². The molecule has 3 rings (SSSR count). The highest BCUT2D eigenvalue weighted by molar-refractivity contribution is 6.30. The van der Waals surface area contributed by atoms with Crippen molar-refractivity contribution in [3.63, 3.8) is 0 Å². The van der Waals surface area contributed by atoms with Crippen LogP contribution < -0.4 is 5.32 Å². The molecule has 0 heterocycles. The van der Waals surface area contributed by atoms with E-state index in [2.05, 4.69) is 23.5 Å². The Morgan fingerprint density at radius 3 is 2.96 bits per heavy atom. The standard InChI is InChI=1S/C19H20ClFN2O/c1-23(18-8-4-6-13-5-2-3-7-15(13)18)12-19(24)22-17-11-14(20)9-10-16(17)21/h2-3,5,7,9-11,18H,4,6,8,12H2,1H3,(H,22,24)/t18-/m1/s1. The predicted octanol–water partition coefficient (Wildman–Crippen LogP) is 4.43. The molecule has 0 radical (unpaired) electrons. The number of rotatable bonds is 4. The third-order valence-corrected chi connectivity index (χ3v) is 4.70. The maximum absolute atomic E-state index is 13.7. The predicted molar refractivity (Wildman–Crippen MR) is 94.8 cm³/mol. The minimum absolute atomic E-state index is 0.116. The molecule has 2 aromatic rings. The molecule has 1 N–H and O–H groups in total. The number of nitrogens with zero attached hydrogens (tertiary/aromatic N) is 1. The fraction of sp³-hybridized carbons (Fsp3) is 0.316. The molecule has 24 heavy (non-hydrogen) atoms. The van der Waals surface area contributed by atoms with Crippen molar-refractivity contribution in [1.29, 1.82) is 0 Å². The maximum Gasteiger partial charge on any atom is 0.238 e. The number of benzene rings is 2. The lowest BCUT2D eigenvalue weighted by Crippen LogP contribution is -2.35. The highest BCUT2D eigenvalue weighted by atomic mass is 35.5. The maximum atomic E-state index is 13.7. The van der Waals surface area contributed by atoms with Crippen molar-refractivity contribution in [3.8, 4) is 0 Å². The van der Waals surface area contributed by atoms with Gasteiger partial charge in [0.2, 0.25) is 5.91 Å². The van der Waals surface area contributed by atoms with Crippen molar-refractivity contribution >= 4 is 23.2 Å². The number of halogens is 2. The second kappa shape index (κ2) is 7.32. The molecule has 0 spiro atoms. The van der Waals surface area contributed by atoms with Crippen molar-refractivity contribution < 1.29 is 9.18 Å². The smallest absolute Gasteiger partial charge is 0.238 e. The lowest BCUT2D eigenvalue weighted by molar-refractivity contribution is -0.117. The molecule has 0 saturated heterocycles. The van der Waals surface area contributed by atoms with Gasteiger partial charge in [-0.2, -0.15) is 0 Å². The SMILES string of the molecule is CN(CC(=O)Nc1cc(Cl)ccc1F)[C@@H]1CCCc2ccccc21. The van der Waals surface area contributed by atoms with Crippen LogP contribution in [0.5, 0.6) is 0 Å². The number of aryl methyl sites for hydroxylation is 1. The molecule has 3 nitrogen and oxygen atoms in total. The van der Waals surface area contributed by atoms with Gasteiger partial charge in [-0.05, 0) is 55.6 Å². The average molecular weight is 347 g/mol. The normalized spacial score (nSPS) is 16.8. The van der Waals surface area contributed by atoms with Gasteiger partial charge in [0.05, 0.1) is 12.2 Å². The Morgan fingerprint density at radius 1 is 1.33 bits per heavy atom. The summed E-state index contributed by atoms with van der Waals surface area (Å²) in [6, 6.07) is 12.7. The fourth-order valence-corrected chi connectivity index (χ4v) is 3.48. The summed E-state index contributed by atoms with van der Waals surface area (Å²) in [5, 5.41) is 3.00. The van der Waals surface area contributed by atoms with Gasteiger partial charge in [-0.15, -0.1) is 0 Å². The first kappa shape index (κ1) is 16.9. The van der Waals surface area contributed by atoms with E-state index in [0.29, 0.717) is 5.02 Å². The number of likely N-dealkylation sites (N-methyl/N-ethyl adjacent to an activating group) is 1. The lowest BCUT2D eigenvalue weighted by Gasteiger charge is -2.32. The monoisotopic (exact) mass is 346 g/mol. The van der Waals surface area contributed by atoms with E-state index in [9.17, 15) is 9.18 Å². The number of anilines is 1. The van der Waals surface area contributed by atoms with Crippen molar-refractivity contribution in [2.75, 3.05) is 18.9 Å². The van der Waals surface area contributed by atoms with Crippen molar-refractivity contribution in [1.82, 2.24) is 4.90 Å². The minimum atomic E-state index is -0.488. The lowest BCUT2D eigenvalue weighted by atomic mass is 9.87. The first-order valence-corrected chi connectivity index (χ1v) is 8.45. The number of hydrogen-bond donors (Lipinski definition) is 1. The van der Waals surface area contributed by atoms with Gasteiger partial charge in [0.1, 0.15) is 5.82 Å². The molecule has 0 saturated carbocycles. The van der Waals surface area contributed by atoms with Gasteiger partial charge in [-0.25, -0.2) is 4.39 Å². The third kappa shape index (κ3) is 3.77. The van der Waals surface area contributed by atoms with Crippen molar-refractivity contribution in [2.45, 2.75) is 25.3 Å². The number of hydrogen-bond acceptors (Lipinski definition) is 2. The zero-order valence-corrected chi connectivity index (χ0v) is 14.3. The summed E-state index contributed by atoms with van der Waals surface area (Å²) in [5.74, 6) is -0.736. The molecule has 1 atom stereocenters. The number of nitrogens with one attached hydrogen (secondary N) is 1. The quantitative estimate of drug-likeness (QED) is 0.888. The molecule has 126 valence electrons. The number of carbonyl (C=O) groups excluding carboxylic acids is 1. The molecule has 0 unspecified atom stereocenters. The van der Waals surface area contributed by atoms with Gasteiger partial charge in [0.25, 0.3) is 0 Å². The molecule has 1 aliphatic carbocycles. The van der Waals surface area contributed by atoms with Crippen LogP contribution in [0.25, 0.3) is 0 Å². The molecule has 0 aliphatic heterocycles. The van der Waals surface area contributed by atoms with E-state index in [1.807, 2.05) is 18.0 Å². The van der Waals surface area contributed by atoms with Crippen LogP contribution in [0.1, 0.15) is 30.0 Å². The van der Waals surface area contributed by atoms with Crippen LogP contribution in [0, 0.1) is 5.82 Å². The van der Waals surface area contributed by atoms with Gasteiger partial charge in [0.15, 0.2) is 0 Å². The van der Waals surface area contributed by atoms with E-state index < -0.39 is 5.82 Å². The van der Waals surface area contributed by atoms with Crippen LogP contribution >= 0.6 is 11.6 Å². The number of amides is 1. The summed E-state index contributed by atoms with van der Waals surface area (Å²) in [4.78, 5) is 14.3. The van der Waals surface area contributed by atoms with Crippen molar-refractivity contribution in [3.05, 3.63) is 64.4 Å². The Kier molecular flexibility index (Phi) is 5.17. The summed E-state index contributed by atoms with van der Waals surface area (Å²) in [6.07, 6.45) is 3.21. The molecule has 2 aromatic carbocycles. The molecule has 1 aliphatic rings. The molecular weight excluding hydrogens is 327 g/mol. The Balaban J connectivity index is 1.68. The first-order valence-electron chi connectivity index (χ1n) is 8.07. The van der Waals surface area contributed by atoms with Crippen LogP contribution in [-0.4, -0.2) is 24.4 Å². The summed E-state index contributed by atoms with van der Waals surface area (Å²) in [5.41, 5.74) is 2.75. The van der Waals surface area contributed by atoms with E-state index in [1.165, 1.54) is 29.3 Å². The van der Waals surface area contributed by atoms with Gasteiger partial charge in [-0.1, -0.05) is 35.9 Å². The van der Waals surface area contributed by atoms with E-state index in [-0.39, 0.29) is 24.2 Å². The van der Waals surface area contributed by atoms with Crippen LogP contribution in [-0.2, 0) is 11.2 Å². The summed E-state index contributed by atoms with van der Waals surface area (Å²) < 4.78 is 13.7. The molecule has 5 heteroatoms. The van der Waals surface area contributed by atoms with E-state index >= 15 is 0 Å². The van der Waals surface area contributed by atoms with Crippen LogP contribution in [0.3, 0.4) is 0 Å². The Bertz CT molecular complexity index is 750. The molecule has 0 bridgehead atoms. The molecular formula is C19H20ClFN2O. The Morgan fingerprint density at radius 2 is 2.12 bits per heavy atom. The minimum Gasteiger partial charge on any atom is -0.322 e. The highest BCUT2D eigenvalue weighted by Gasteiger charge is 2.24. The summed E-state index contributed by atoms with van der Waals surface area (Å²) in [6.45, 7) is 0.199. The average Bonchev–Trinajstić information content (AvgIpc) is 2.57. The van der Waals surface area contributed by atoms with Crippen LogP contribution in [0.15, 0.2) is 42.5 Å². The highest BCUT2D eigenvalue weighted by Crippen LogP contribution is 2.33. The van der Waals surface area contributed by atoms with Gasteiger partial charge in [-0.3, -0.25) is 9.69 Å². The first-order chi connectivity index (χ1) is 11.5. The van der Waals surface area contributed by atoms with Crippen LogP contribution in [0.4, 0.5) is 10.1 Å². The second-order valence-electron chi connectivity index (χ2n) is 6.19. The van der Waals surface area contributed by atoms with Crippen molar-refractivity contribution in [2.24, 2.45) is 0 Å². The van der Waals surface area contributed by atoms with E-state index in [4.69, 9.17) is 11.6 Å². The largest absolute Gasteiger partial charge is 0.322 e. The van der Waals surface area contributed by atoms with Gasteiger partial charge < -0.3 is 5.32 Å². The topological polar surface area (TPSA) is 32.3 Å². The Hall–Kier alpha value is -1.91. The number of carbonyl (C=O) groups is 1. The van der Waals surface area contributed by atoms with Crippen LogP contribution in [0.2, 0.25) is 5.02 Å².